The normalized spacial score (nSPS) is 34.8. The number of aliphatic hydroxyl groups is 4. The quantitative estimate of drug-likeness (QED) is 0.286. The molecule has 182 valence electrons. The molecule has 2 saturated carbocycles. The Balaban J connectivity index is 1.98. The fourth-order valence-electron chi connectivity index (χ4n) is 5.81. The first-order valence-electron chi connectivity index (χ1n) is 10.7. The molecule has 0 saturated heterocycles. The number of carbonyl (C=O) groups excluding carboxylic acids is 4. The SMILES string of the molecule is C[C@H]1c2c(C(=O)N(C)C)ccc(O)c2C(O)=C2C(=O)[C@]3(O)C(=O)C(C(N)=O)C(O)C[C@@H]3[C@@H](O)[C@@H]21. The van der Waals surface area contributed by atoms with Crippen molar-refractivity contribution in [1.82, 2.24) is 4.90 Å². The fraction of sp³-hybridized carbons (Fsp3) is 0.478. The summed E-state index contributed by atoms with van der Waals surface area (Å²) in [6.45, 7) is 1.58. The molecule has 0 aliphatic heterocycles. The van der Waals surface area contributed by atoms with Gasteiger partial charge in [-0.2, -0.15) is 0 Å². The topological polar surface area (TPSA) is 199 Å². The van der Waals surface area contributed by atoms with E-state index in [2.05, 4.69) is 0 Å². The molecule has 0 aromatic heterocycles. The molecule has 4 rings (SSSR count). The lowest BCUT2D eigenvalue weighted by Crippen LogP contribution is -2.70. The van der Waals surface area contributed by atoms with E-state index in [1.807, 2.05) is 0 Å². The summed E-state index contributed by atoms with van der Waals surface area (Å²) in [4.78, 5) is 52.5. The van der Waals surface area contributed by atoms with Gasteiger partial charge in [0.25, 0.3) is 5.91 Å². The van der Waals surface area contributed by atoms with Crippen molar-refractivity contribution < 1.29 is 44.7 Å². The van der Waals surface area contributed by atoms with Gasteiger partial charge in [-0.05, 0) is 30.0 Å². The molecule has 0 radical (unpaired) electrons. The van der Waals surface area contributed by atoms with Crippen LogP contribution in [0.25, 0.3) is 5.76 Å². The molecule has 34 heavy (non-hydrogen) atoms. The van der Waals surface area contributed by atoms with Gasteiger partial charge in [0.05, 0.1) is 17.8 Å². The summed E-state index contributed by atoms with van der Waals surface area (Å²) >= 11 is 0. The molecule has 2 amide bonds. The second-order valence-electron chi connectivity index (χ2n) is 9.44. The number of fused-ring (bicyclic) bond motifs is 3. The van der Waals surface area contributed by atoms with Gasteiger partial charge < -0.3 is 36.2 Å². The Hall–Kier alpha value is -3.28. The number of nitrogens with two attached hydrogens (primary N) is 1. The third-order valence-electron chi connectivity index (χ3n) is 7.43. The van der Waals surface area contributed by atoms with Crippen molar-refractivity contribution in [3.63, 3.8) is 0 Å². The Bertz CT molecular complexity index is 1170. The fourth-order valence-corrected chi connectivity index (χ4v) is 5.81. The molecular weight excluding hydrogens is 448 g/mol. The molecule has 1 aromatic rings. The minimum Gasteiger partial charge on any atom is -0.507 e. The van der Waals surface area contributed by atoms with Crippen LogP contribution in [-0.2, 0) is 14.4 Å². The highest BCUT2D eigenvalue weighted by atomic mass is 16.3. The van der Waals surface area contributed by atoms with Crippen LogP contribution in [0.4, 0.5) is 0 Å². The van der Waals surface area contributed by atoms with Gasteiger partial charge in [-0.3, -0.25) is 19.2 Å². The summed E-state index contributed by atoms with van der Waals surface area (Å²) in [6.07, 6.45) is -3.73. The van der Waals surface area contributed by atoms with Crippen molar-refractivity contribution in [1.29, 1.82) is 0 Å². The van der Waals surface area contributed by atoms with Crippen LogP contribution in [0, 0.1) is 17.8 Å². The van der Waals surface area contributed by atoms with Crippen molar-refractivity contribution in [2.24, 2.45) is 23.5 Å². The minimum absolute atomic E-state index is 0.130. The Labute approximate surface area is 194 Å². The second kappa shape index (κ2) is 7.62. The standard InChI is InChI=1S/C23H26N2O9/c1-7-12-8(22(33)25(2)3)4-5-10(26)14(12)18(29)16-13(7)17(28)9-6-11(27)15(21(24)32)19(30)23(9,34)20(16)31/h4-5,7,9,11,13,15,17,26-29,34H,6H2,1-3H3,(H2,24,32)/t7-,9+,11?,13+,15?,17+,23+/m0/s1. The van der Waals surface area contributed by atoms with E-state index >= 15 is 0 Å². The number of aliphatic hydroxyl groups excluding tert-OH is 3. The molecule has 2 unspecified atom stereocenters. The van der Waals surface area contributed by atoms with Crippen molar-refractivity contribution >= 4 is 29.1 Å². The average molecular weight is 474 g/mol. The van der Waals surface area contributed by atoms with E-state index in [9.17, 15) is 44.7 Å². The predicted octanol–water partition coefficient (Wildman–Crippen LogP) is -1.18. The second-order valence-corrected chi connectivity index (χ2v) is 9.44. The van der Waals surface area contributed by atoms with Gasteiger partial charge in [0.15, 0.2) is 11.4 Å². The summed E-state index contributed by atoms with van der Waals surface area (Å²) in [5.41, 5.74) is 1.90. The molecule has 11 nitrogen and oxygen atoms in total. The highest BCUT2D eigenvalue weighted by Gasteiger charge is 2.67. The number of Topliss-reactive ketones (excluding diaryl/α,β-unsaturated/α-hetero) is 2. The number of primary amides is 1. The van der Waals surface area contributed by atoms with Crippen molar-refractivity contribution in [3.05, 3.63) is 34.4 Å². The highest BCUT2D eigenvalue weighted by molar-refractivity contribution is 6.25. The number of nitrogens with zero attached hydrogens (tertiary/aromatic N) is 1. The summed E-state index contributed by atoms with van der Waals surface area (Å²) in [5, 5.41) is 54.5. The number of aromatic hydroxyl groups is 1. The number of benzene rings is 1. The molecule has 0 heterocycles. The van der Waals surface area contributed by atoms with Crippen LogP contribution in [0.1, 0.15) is 40.7 Å². The largest absolute Gasteiger partial charge is 0.507 e. The Morgan fingerprint density at radius 2 is 1.76 bits per heavy atom. The zero-order chi connectivity index (χ0) is 25.4. The first-order valence-corrected chi connectivity index (χ1v) is 10.7. The van der Waals surface area contributed by atoms with Crippen LogP contribution in [0.2, 0.25) is 0 Å². The van der Waals surface area contributed by atoms with Crippen molar-refractivity contribution in [2.45, 2.75) is 37.1 Å². The van der Waals surface area contributed by atoms with E-state index in [0.717, 1.165) is 0 Å². The summed E-state index contributed by atoms with van der Waals surface area (Å²) in [7, 11) is 3.03. The van der Waals surface area contributed by atoms with Crippen molar-refractivity contribution in [3.8, 4) is 5.75 Å². The van der Waals surface area contributed by atoms with E-state index < -0.39 is 88.4 Å². The smallest absolute Gasteiger partial charge is 0.253 e. The van der Waals surface area contributed by atoms with Gasteiger partial charge in [-0.25, -0.2) is 0 Å². The van der Waals surface area contributed by atoms with Gasteiger partial charge >= 0.3 is 0 Å². The third kappa shape index (κ3) is 2.87. The molecule has 7 N–H and O–H groups in total. The molecule has 11 heteroatoms. The number of phenolic OH excluding ortho intramolecular Hbond substituents is 1. The van der Waals surface area contributed by atoms with E-state index in [1.165, 1.54) is 31.1 Å². The zero-order valence-electron chi connectivity index (χ0n) is 18.7. The van der Waals surface area contributed by atoms with E-state index in [4.69, 9.17) is 5.73 Å². The molecule has 0 spiro atoms. The van der Waals surface area contributed by atoms with Gasteiger partial charge in [0, 0.05) is 37.1 Å². The van der Waals surface area contributed by atoms with Crippen LogP contribution < -0.4 is 5.73 Å². The predicted molar refractivity (Wildman–Crippen MR) is 115 cm³/mol. The molecule has 1 aromatic carbocycles. The maximum atomic E-state index is 13.6. The number of phenols is 1. The first kappa shape index (κ1) is 23.9. The van der Waals surface area contributed by atoms with Crippen molar-refractivity contribution in [2.75, 3.05) is 14.1 Å². The van der Waals surface area contributed by atoms with Gasteiger partial charge in [0.2, 0.25) is 11.7 Å². The Morgan fingerprint density at radius 3 is 2.32 bits per heavy atom. The first-order chi connectivity index (χ1) is 15.8. The molecule has 3 aliphatic carbocycles. The molecular formula is C23H26N2O9. The number of carbonyl (C=O) groups is 4. The van der Waals surface area contributed by atoms with Crippen LogP contribution in [-0.4, -0.2) is 85.7 Å². The minimum atomic E-state index is -2.91. The molecule has 2 fully saturated rings. The van der Waals surface area contributed by atoms with E-state index in [1.54, 1.807) is 6.92 Å². The maximum Gasteiger partial charge on any atom is 0.253 e. The molecule has 7 atom stereocenters. The average Bonchev–Trinajstić information content (AvgIpc) is 2.75. The van der Waals surface area contributed by atoms with Crippen LogP contribution in [0.5, 0.6) is 5.75 Å². The lowest BCUT2D eigenvalue weighted by molar-refractivity contribution is -0.186. The summed E-state index contributed by atoms with van der Waals surface area (Å²) < 4.78 is 0. The zero-order valence-corrected chi connectivity index (χ0v) is 18.7. The Kier molecular flexibility index (Phi) is 5.35. The number of rotatable bonds is 2. The van der Waals surface area contributed by atoms with Crippen LogP contribution in [0.15, 0.2) is 17.7 Å². The third-order valence-corrected chi connectivity index (χ3v) is 7.43. The lowest BCUT2D eigenvalue weighted by atomic mass is 9.53. The maximum absolute atomic E-state index is 13.6. The Morgan fingerprint density at radius 1 is 1.15 bits per heavy atom. The highest BCUT2D eigenvalue weighted by Crippen LogP contribution is 2.55. The molecule has 3 aliphatic rings. The summed E-state index contributed by atoms with van der Waals surface area (Å²) in [5.74, 6) is -10.9. The summed E-state index contributed by atoms with van der Waals surface area (Å²) in [6, 6.07) is 2.54. The van der Waals surface area contributed by atoms with E-state index in [0.29, 0.717) is 0 Å². The lowest BCUT2D eigenvalue weighted by Gasteiger charge is -2.52. The van der Waals surface area contributed by atoms with Crippen LogP contribution >= 0.6 is 0 Å². The van der Waals surface area contributed by atoms with Crippen LogP contribution in [0.3, 0.4) is 0 Å². The monoisotopic (exact) mass is 474 g/mol. The van der Waals surface area contributed by atoms with Gasteiger partial charge in [-0.15, -0.1) is 0 Å². The number of hydrogen-bond donors (Lipinski definition) is 6. The van der Waals surface area contributed by atoms with E-state index in [-0.39, 0.29) is 16.7 Å². The molecule has 0 bridgehead atoms. The number of amides is 2. The van der Waals surface area contributed by atoms with Gasteiger partial charge in [0.1, 0.15) is 17.4 Å². The number of ketones is 2. The van der Waals surface area contributed by atoms with Gasteiger partial charge in [-0.1, -0.05) is 6.92 Å². The number of hydrogen-bond acceptors (Lipinski definition) is 9.